The molecular weight excluding hydrogens is 263 g/mol. The highest BCUT2D eigenvalue weighted by Crippen LogP contribution is 2.20. The van der Waals surface area contributed by atoms with E-state index >= 15 is 0 Å². The summed E-state index contributed by atoms with van der Waals surface area (Å²) in [6, 6.07) is 5.26. The molecule has 0 radical (unpaired) electrons. The van der Waals surface area contributed by atoms with Crippen LogP contribution < -0.4 is 0 Å². The first-order valence-electron chi connectivity index (χ1n) is 4.57. The van der Waals surface area contributed by atoms with Gasteiger partial charge >= 0.3 is 5.97 Å². The minimum atomic E-state index is -0.488. The minimum Gasteiger partial charge on any atom is -0.469 e. The van der Waals surface area contributed by atoms with Gasteiger partial charge in [-0.3, -0.25) is 4.79 Å². The molecule has 0 aliphatic carbocycles. The lowest BCUT2D eigenvalue weighted by molar-refractivity contribution is -0.140. The Bertz CT molecular complexity index is 352. The summed E-state index contributed by atoms with van der Waals surface area (Å²) in [4.78, 5) is 10.9. The Hall–Kier alpha value is -0.900. The van der Waals surface area contributed by atoms with Gasteiger partial charge in [-0.15, -0.1) is 0 Å². The van der Waals surface area contributed by atoms with Gasteiger partial charge in [-0.2, -0.15) is 0 Å². The molecule has 0 aliphatic rings. The first-order chi connectivity index (χ1) is 7.17. The van der Waals surface area contributed by atoms with E-state index in [1.54, 1.807) is 18.2 Å². The van der Waals surface area contributed by atoms with Crippen molar-refractivity contribution in [1.82, 2.24) is 0 Å². The zero-order chi connectivity index (χ0) is 11.3. The number of hydrogen-bond donors (Lipinski definition) is 0. The molecule has 0 N–H and O–H groups in total. The highest BCUT2D eigenvalue weighted by molar-refractivity contribution is 9.10. The van der Waals surface area contributed by atoms with E-state index in [0.29, 0.717) is 18.4 Å². The van der Waals surface area contributed by atoms with Gasteiger partial charge in [-0.25, -0.2) is 4.39 Å². The molecule has 0 aliphatic heterocycles. The second-order valence-electron chi connectivity index (χ2n) is 3.14. The van der Waals surface area contributed by atoms with Crippen molar-refractivity contribution >= 4 is 21.9 Å². The molecule has 1 rings (SSSR count). The van der Waals surface area contributed by atoms with Gasteiger partial charge in [-0.1, -0.05) is 28.1 Å². The quantitative estimate of drug-likeness (QED) is 0.789. The molecule has 1 aromatic carbocycles. The summed E-state index contributed by atoms with van der Waals surface area (Å²) in [6.07, 6.45) is 0.867. The molecule has 2 nitrogen and oxygen atoms in total. The summed E-state index contributed by atoms with van der Waals surface area (Å²) in [5.74, 6) is -0.257. The van der Waals surface area contributed by atoms with Crippen LogP contribution in [0, 0.1) is 0 Å². The number of benzene rings is 1. The van der Waals surface area contributed by atoms with E-state index in [4.69, 9.17) is 0 Å². The number of alkyl halides is 1. The predicted octanol–water partition coefficient (Wildman–Crippen LogP) is 3.02. The van der Waals surface area contributed by atoms with Crippen LogP contribution in [0.4, 0.5) is 4.39 Å². The zero-order valence-corrected chi connectivity index (χ0v) is 10.0. The Labute approximate surface area is 96.6 Å². The largest absolute Gasteiger partial charge is 0.469 e. The summed E-state index contributed by atoms with van der Waals surface area (Å²) in [5, 5.41) is 0. The molecule has 0 saturated carbocycles. The standard InChI is InChI=1S/C11H12BrFO2/c1-15-11(14)5-3-9-6-8(7-13)2-4-10(9)12/h2,4,6H,3,5,7H2,1H3. The van der Waals surface area contributed by atoms with E-state index in [2.05, 4.69) is 20.7 Å². The molecule has 82 valence electrons. The van der Waals surface area contributed by atoms with E-state index < -0.39 is 6.67 Å². The number of carbonyl (C=O) groups excluding carboxylic acids is 1. The van der Waals surface area contributed by atoms with Crippen LogP contribution in [0.5, 0.6) is 0 Å². The van der Waals surface area contributed by atoms with Crippen LogP contribution >= 0.6 is 15.9 Å². The maximum atomic E-state index is 12.4. The number of aryl methyl sites for hydroxylation is 1. The van der Waals surface area contributed by atoms with Crippen LogP contribution in [0.25, 0.3) is 0 Å². The lowest BCUT2D eigenvalue weighted by Crippen LogP contribution is -2.02. The molecule has 0 fully saturated rings. The van der Waals surface area contributed by atoms with E-state index in [-0.39, 0.29) is 5.97 Å². The number of halogens is 2. The Morgan fingerprint density at radius 1 is 1.53 bits per heavy atom. The van der Waals surface area contributed by atoms with Crippen molar-refractivity contribution in [2.75, 3.05) is 7.11 Å². The van der Waals surface area contributed by atoms with Gasteiger partial charge in [0.25, 0.3) is 0 Å². The Morgan fingerprint density at radius 3 is 2.87 bits per heavy atom. The maximum Gasteiger partial charge on any atom is 0.305 e. The second kappa shape index (κ2) is 5.85. The molecule has 0 bridgehead atoms. The van der Waals surface area contributed by atoms with Gasteiger partial charge in [0.2, 0.25) is 0 Å². The first-order valence-corrected chi connectivity index (χ1v) is 5.36. The number of ether oxygens (including phenoxy) is 1. The fourth-order valence-corrected chi connectivity index (χ4v) is 1.69. The Morgan fingerprint density at radius 2 is 2.27 bits per heavy atom. The number of esters is 1. The Kier molecular flexibility index (Phi) is 4.75. The van der Waals surface area contributed by atoms with E-state index in [9.17, 15) is 9.18 Å². The molecule has 0 saturated heterocycles. The van der Waals surface area contributed by atoms with Gasteiger partial charge in [0.15, 0.2) is 0 Å². The van der Waals surface area contributed by atoms with Gasteiger partial charge in [0.05, 0.1) is 7.11 Å². The lowest BCUT2D eigenvalue weighted by atomic mass is 10.1. The third-order valence-corrected chi connectivity index (χ3v) is 2.86. The highest BCUT2D eigenvalue weighted by atomic mass is 79.9. The van der Waals surface area contributed by atoms with Crippen molar-refractivity contribution in [1.29, 1.82) is 0 Å². The number of rotatable bonds is 4. The first kappa shape index (κ1) is 12.2. The summed E-state index contributed by atoms with van der Waals surface area (Å²) in [6.45, 7) is -0.488. The monoisotopic (exact) mass is 274 g/mol. The number of carbonyl (C=O) groups is 1. The molecule has 0 unspecified atom stereocenters. The smallest absolute Gasteiger partial charge is 0.305 e. The molecule has 0 heterocycles. The van der Waals surface area contributed by atoms with Gasteiger partial charge < -0.3 is 4.74 Å². The topological polar surface area (TPSA) is 26.3 Å². The van der Waals surface area contributed by atoms with Crippen molar-refractivity contribution < 1.29 is 13.9 Å². The van der Waals surface area contributed by atoms with Crippen LogP contribution in [0.2, 0.25) is 0 Å². The van der Waals surface area contributed by atoms with Crippen LogP contribution in [0.3, 0.4) is 0 Å². The van der Waals surface area contributed by atoms with E-state index in [1.165, 1.54) is 7.11 Å². The fraction of sp³-hybridized carbons (Fsp3) is 0.364. The normalized spacial score (nSPS) is 10.1. The van der Waals surface area contributed by atoms with Crippen LogP contribution in [-0.4, -0.2) is 13.1 Å². The van der Waals surface area contributed by atoms with E-state index in [1.807, 2.05) is 0 Å². The predicted molar refractivity (Wildman–Crippen MR) is 59.3 cm³/mol. The van der Waals surface area contributed by atoms with Crippen LogP contribution in [-0.2, 0) is 22.6 Å². The second-order valence-corrected chi connectivity index (χ2v) is 3.99. The minimum absolute atomic E-state index is 0.257. The van der Waals surface area contributed by atoms with Crippen molar-refractivity contribution in [3.05, 3.63) is 33.8 Å². The highest BCUT2D eigenvalue weighted by Gasteiger charge is 2.05. The third kappa shape index (κ3) is 3.63. The SMILES string of the molecule is COC(=O)CCc1cc(CF)ccc1Br. The summed E-state index contributed by atoms with van der Waals surface area (Å²) in [5.41, 5.74) is 1.55. The molecule has 15 heavy (non-hydrogen) atoms. The van der Waals surface area contributed by atoms with E-state index in [0.717, 1.165) is 10.0 Å². The average molecular weight is 275 g/mol. The summed E-state index contributed by atoms with van der Waals surface area (Å²) < 4.78 is 17.8. The number of methoxy groups -OCH3 is 1. The molecular formula is C11H12BrFO2. The molecule has 1 aromatic rings. The molecule has 0 spiro atoms. The zero-order valence-electron chi connectivity index (χ0n) is 8.43. The van der Waals surface area contributed by atoms with Crippen molar-refractivity contribution in [3.63, 3.8) is 0 Å². The van der Waals surface area contributed by atoms with Gasteiger partial charge in [0.1, 0.15) is 6.67 Å². The molecule has 0 atom stereocenters. The van der Waals surface area contributed by atoms with Gasteiger partial charge in [-0.05, 0) is 23.6 Å². The van der Waals surface area contributed by atoms with Crippen LogP contribution in [0.15, 0.2) is 22.7 Å². The Balaban J connectivity index is 2.70. The third-order valence-electron chi connectivity index (χ3n) is 2.09. The molecule has 4 heteroatoms. The van der Waals surface area contributed by atoms with Crippen molar-refractivity contribution in [3.8, 4) is 0 Å². The van der Waals surface area contributed by atoms with Gasteiger partial charge in [0, 0.05) is 10.9 Å². The van der Waals surface area contributed by atoms with Crippen LogP contribution in [0.1, 0.15) is 17.5 Å². The molecule has 0 aromatic heterocycles. The maximum absolute atomic E-state index is 12.4. The summed E-state index contributed by atoms with van der Waals surface area (Å²) in [7, 11) is 1.36. The fourth-order valence-electron chi connectivity index (χ4n) is 1.24. The van der Waals surface area contributed by atoms with Crippen molar-refractivity contribution in [2.45, 2.75) is 19.5 Å². The average Bonchev–Trinajstić information content (AvgIpc) is 2.27. The lowest BCUT2D eigenvalue weighted by Gasteiger charge is -2.05. The summed E-state index contributed by atoms with van der Waals surface area (Å²) >= 11 is 3.36. The molecule has 0 amide bonds. The number of hydrogen-bond acceptors (Lipinski definition) is 2. The van der Waals surface area contributed by atoms with Crippen molar-refractivity contribution in [2.24, 2.45) is 0 Å².